The molecule has 1 aromatic rings. The number of hydrogen-bond donors (Lipinski definition) is 0. The van der Waals surface area contributed by atoms with Crippen LogP contribution in [0, 0.1) is 6.92 Å². The van der Waals surface area contributed by atoms with Crippen molar-refractivity contribution in [2.24, 2.45) is 0 Å². The molecule has 0 amide bonds. The van der Waals surface area contributed by atoms with Crippen molar-refractivity contribution in [3.05, 3.63) is 28.0 Å². The van der Waals surface area contributed by atoms with Crippen molar-refractivity contribution in [2.45, 2.75) is 26.2 Å². The monoisotopic (exact) mass is 192 g/mol. The van der Waals surface area contributed by atoms with Gasteiger partial charge in [-0.2, -0.15) is 0 Å². The summed E-state index contributed by atoms with van der Waals surface area (Å²) in [5.74, 6) is 0.372. The van der Waals surface area contributed by atoms with Gasteiger partial charge in [0.2, 0.25) is 0 Å². The molecule has 0 unspecified atom stereocenters. The standard InChI is InChI=1S/C11H12OS/c1-8-2-7-11(13-8)9-3-5-10(12)6-4-9/h2-3,7H,4-6H2,1H3. The third-order valence-electron chi connectivity index (χ3n) is 2.31. The van der Waals surface area contributed by atoms with Crippen LogP contribution in [0.5, 0.6) is 0 Å². The van der Waals surface area contributed by atoms with Crippen LogP contribution in [0.15, 0.2) is 18.2 Å². The second-order valence-electron chi connectivity index (χ2n) is 3.38. The molecule has 0 saturated carbocycles. The fourth-order valence-electron chi connectivity index (χ4n) is 1.55. The van der Waals surface area contributed by atoms with E-state index in [9.17, 15) is 4.79 Å². The number of rotatable bonds is 1. The van der Waals surface area contributed by atoms with Crippen molar-refractivity contribution >= 4 is 22.7 Å². The van der Waals surface area contributed by atoms with Crippen molar-refractivity contribution < 1.29 is 4.79 Å². The fraction of sp³-hybridized carbons (Fsp3) is 0.364. The lowest BCUT2D eigenvalue weighted by Gasteiger charge is -2.09. The largest absolute Gasteiger partial charge is 0.299 e. The van der Waals surface area contributed by atoms with Gasteiger partial charge in [0.15, 0.2) is 0 Å². The second kappa shape index (κ2) is 3.46. The van der Waals surface area contributed by atoms with Gasteiger partial charge in [-0.3, -0.25) is 4.79 Å². The van der Waals surface area contributed by atoms with Gasteiger partial charge in [-0.15, -0.1) is 11.3 Å². The van der Waals surface area contributed by atoms with Crippen LogP contribution in [-0.4, -0.2) is 5.78 Å². The Labute approximate surface area is 82.1 Å². The second-order valence-corrected chi connectivity index (χ2v) is 4.67. The van der Waals surface area contributed by atoms with Crippen molar-refractivity contribution in [2.75, 3.05) is 0 Å². The summed E-state index contributed by atoms with van der Waals surface area (Å²) in [6, 6.07) is 4.29. The molecule has 1 aromatic heterocycles. The van der Waals surface area contributed by atoms with Crippen LogP contribution in [-0.2, 0) is 4.79 Å². The summed E-state index contributed by atoms with van der Waals surface area (Å²) in [5.41, 5.74) is 1.36. The number of carbonyl (C=O) groups excluding carboxylic acids is 1. The lowest BCUT2D eigenvalue weighted by molar-refractivity contribution is -0.118. The molecule has 68 valence electrons. The predicted molar refractivity (Wildman–Crippen MR) is 55.9 cm³/mol. The predicted octanol–water partition coefficient (Wildman–Crippen LogP) is 3.19. The number of ketones is 1. The van der Waals surface area contributed by atoms with Crippen LogP contribution in [0.2, 0.25) is 0 Å². The van der Waals surface area contributed by atoms with E-state index < -0.39 is 0 Å². The highest BCUT2D eigenvalue weighted by Crippen LogP contribution is 2.30. The van der Waals surface area contributed by atoms with Gasteiger partial charge < -0.3 is 0 Å². The molecule has 1 heterocycles. The maximum Gasteiger partial charge on any atom is 0.137 e. The third-order valence-corrected chi connectivity index (χ3v) is 3.38. The lowest BCUT2D eigenvalue weighted by atomic mass is 9.97. The summed E-state index contributed by atoms with van der Waals surface area (Å²) >= 11 is 1.82. The van der Waals surface area contributed by atoms with Crippen molar-refractivity contribution in [3.63, 3.8) is 0 Å². The third kappa shape index (κ3) is 1.89. The molecule has 0 radical (unpaired) electrons. The SMILES string of the molecule is Cc1ccc(C2=CCC(=O)CC2)s1. The van der Waals surface area contributed by atoms with E-state index in [-0.39, 0.29) is 0 Å². The number of allylic oxidation sites excluding steroid dienone is 2. The topological polar surface area (TPSA) is 17.1 Å². The molecule has 13 heavy (non-hydrogen) atoms. The van der Waals surface area contributed by atoms with E-state index in [4.69, 9.17) is 0 Å². The molecule has 1 nitrogen and oxygen atoms in total. The Morgan fingerprint density at radius 3 is 2.69 bits per heavy atom. The number of carbonyl (C=O) groups is 1. The average molecular weight is 192 g/mol. The molecule has 0 atom stereocenters. The molecule has 1 aliphatic carbocycles. The van der Waals surface area contributed by atoms with Crippen LogP contribution in [0.25, 0.3) is 5.57 Å². The molecular weight excluding hydrogens is 180 g/mol. The first kappa shape index (κ1) is 8.70. The van der Waals surface area contributed by atoms with Crippen LogP contribution < -0.4 is 0 Å². The first-order chi connectivity index (χ1) is 6.25. The van der Waals surface area contributed by atoms with Crippen LogP contribution in [0.3, 0.4) is 0 Å². The van der Waals surface area contributed by atoms with Gasteiger partial charge in [0, 0.05) is 22.6 Å². The van der Waals surface area contributed by atoms with E-state index in [2.05, 4.69) is 25.1 Å². The van der Waals surface area contributed by atoms with Crippen LogP contribution in [0.1, 0.15) is 29.0 Å². The Morgan fingerprint density at radius 1 is 1.31 bits per heavy atom. The average Bonchev–Trinajstić information content (AvgIpc) is 2.53. The van der Waals surface area contributed by atoms with Crippen molar-refractivity contribution in [3.8, 4) is 0 Å². The van der Waals surface area contributed by atoms with E-state index in [0.29, 0.717) is 12.2 Å². The Kier molecular flexibility index (Phi) is 2.32. The first-order valence-electron chi connectivity index (χ1n) is 4.53. The highest BCUT2D eigenvalue weighted by atomic mass is 32.1. The Hall–Kier alpha value is -0.890. The fourth-order valence-corrected chi connectivity index (χ4v) is 2.48. The maximum absolute atomic E-state index is 11.0. The molecule has 0 saturated heterocycles. The smallest absolute Gasteiger partial charge is 0.137 e. The summed E-state index contributed by atoms with van der Waals surface area (Å²) in [4.78, 5) is 13.7. The Balaban J connectivity index is 2.22. The number of thiophene rings is 1. The summed E-state index contributed by atoms with van der Waals surface area (Å²) in [7, 11) is 0. The van der Waals surface area contributed by atoms with Gasteiger partial charge in [-0.1, -0.05) is 6.08 Å². The molecule has 0 N–H and O–H groups in total. The van der Waals surface area contributed by atoms with Gasteiger partial charge in [0.1, 0.15) is 5.78 Å². The lowest BCUT2D eigenvalue weighted by Crippen LogP contribution is -2.01. The molecule has 1 aliphatic rings. The zero-order valence-corrected chi connectivity index (χ0v) is 8.49. The minimum absolute atomic E-state index is 0.372. The number of hydrogen-bond acceptors (Lipinski definition) is 2. The summed E-state index contributed by atoms with van der Waals surface area (Å²) in [6.07, 6.45) is 4.37. The van der Waals surface area contributed by atoms with Gasteiger partial charge in [-0.25, -0.2) is 0 Å². The molecule has 2 rings (SSSR count). The first-order valence-corrected chi connectivity index (χ1v) is 5.35. The van der Waals surface area contributed by atoms with Crippen molar-refractivity contribution in [1.29, 1.82) is 0 Å². The molecule has 0 aromatic carbocycles. The van der Waals surface area contributed by atoms with Crippen LogP contribution >= 0.6 is 11.3 Å². The van der Waals surface area contributed by atoms with Gasteiger partial charge in [-0.05, 0) is 31.1 Å². The highest BCUT2D eigenvalue weighted by Gasteiger charge is 2.12. The zero-order valence-electron chi connectivity index (χ0n) is 7.67. The quantitative estimate of drug-likeness (QED) is 0.667. The summed E-state index contributed by atoms with van der Waals surface area (Å²) in [5, 5.41) is 0. The van der Waals surface area contributed by atoms with E-state index >= 15 is 0 Å². The molecule has 0 spiro atoms. The molecule has 0 aliphatic heterocycles. The van der Waals surface area contributed by atoms with E-state index in [1.807, 2.05) is 11.3 Å². The summed E-state index contributed by atoms with van der Waals surface area (Å²) < 4.78 is 0. The normalized spacial score (nSPS) is 17.3. The van der Waals surface area contributed by atoms with E-state index in [0.717, 1.165) is 12.8 Å². The molecule has 2 heteroatoms. The van der Waals surface area contributed by atoms with Crippen LogP contribution in [0.4, 0.5) is 0 Å². The molecular formula is C11H12OS. The zero-order chi connectivity index (χ0) is 9.26. The Morgan fingerprint density at radius 2 is 2.15 bits per heavy atom. The van der Waals surface area contributed by atoms with Gasteiger partial charge >= 0.3 is 0 Å². The van der Waals surface area contributed by atoms with Gasteiger partial charge in [0.25, 0.3) is 0 Å². The molecule has 0 fully saturated rings. The van der Waals surface area contributed by atoms with Gasteiger partial charge in [0.05, 0.1) is 0 Å². The summed E-state index contributed by atoms with van der Waals surface area (Å²) in [6.45, 7) is 2.11. The minimum atomic E-state index is 0.372. The van der Waals surface area contributed by atoms with E-state index in [1.165, 1.54) is 15.3 Å². The van der Waals surface area contributed by atoms with E-state index in [1.54, 1.807) is 0 Å². The number of aryl methyl sites for hydroxylation is 1. The Bertz CT molecular complexity index is 360. The highest BCUT2D eigenvalue weighted by molar-refractivity contribution is 7.13. The number of Topliss-reactive ketones (excluding diaryl/α,β-unsaturated/α-hetero) is 1. The molecule has 0 bridgehead atoms. The minimum Gasteiger partial charge on any atom is -0.299 e. The van der Waals surface area contributed by atoms with Crippen molar-refractivity contribution in [1.82, 2.24) is 0 Å². The maximum atomic E-state index is 11.0.